The van der Waals surface area contributed by atoms with Gasteiger partial charge in [-0.15, -0.1) is 0 Å². The fraction of sp³-hybridized carbons (Fsp3) is 0.467. The number of amides is 1. The van der Waals surface area contributed by atoms with Crippen LogP contribution >= 0.6 is 0 Å². The van der Waals surface area contributed by atoms with Crippen molar-refractivity contribution in [2.75, 3.05) is 13.1 Å². The standard InChI is InChI=1S/C15H20N2O4/c18-12-5-3-10(4-6-12)7-13(15(20)21)17-14(19)9-16-8-11-1-2-11/h3-6,11,13,16,18H,1-2,7-9H2,(H,17,19)(H,20,21). The number of aromatic hydroxyl groups is 1. The molecule has 1 saturated carbocycles. The molecule has 21 heavy (non-hydrogen) atoms. The van der Waals surface area contributed by atoms with Crippen LogP contribution in [0.5, 0.6) is 5.75 Å². The highest BCUT2D eigenvalue weighted by molar-refractivity contribution is 5.84. The van der Waals surface area contributed by atoms with E-state index in [1.165, 1.54) is 25.0 Å². The van der Waals surface area contributed by atoms with Crippen molar-refractivity contribution in [3.8, 4) is 5.75 Å². The lowest BCUT2D eigenvalue weighted by Crippen LogP contribution is -2.46. The zero-order valence-electron chi connectivity index (χ0n) is 11.7. The van der Waals surface area contributed by atoms with Crippen LogP contribution in [0.25, 0.3) is 0 Å². The molecule has 2 rings (SSSR count). The number of rotatable bonds is 8. The van der Waals surface area contributed by atoms with E-state index in [1.807, 2.05) is 0 Å². The Morgan fingerprint density at radius 2 is 1.90 bits per heavy atom. The molecule has 1 atom stereocenters. The van der Waals surface area contributed by atoms with E-state index < -0.39 is 12.0 Å². The van der Waals surface area contributed by atoms with Crippen molar-refractivity contribution in [2.24, 2.45) is 5.92 Å². The van der Waals surface area contributed by atoms with E-state index >= 15 is 0 Å². The Morgan fingerprint density at radius 3 is 2.48 bits per heavy atom. The summed E-state index contributed by atoms with van der Waals surface area (Å²) in [7, 11) is 0. The van der Waals surface area contributed by atoms with Crippen molar-refractivity contribution < 1.29 is 19.8 Å². The second-order valence-electron chi connectivity index (χ2n) is 5.40. The first-order chi connectivity index (χ1) is 10.0. The molecule has 0 radical (unpaired) electrons. The van der Waals surface area contributed by atoms with Crippen molar-refractivity contribution in [1.29, 1.82) is 0 Å². The molecule has 1 aliphatic rings. The maximum absolute atomic E-state index is 11.7. The molecule has 1 amide bonds. The van der Waals surface area contributed by atoms with Gasteiger partial charge in [0.1, 0.15) is 11.8 Å². The molecule has 0 aliphatic heterocycles. The van der Waals surface area contributed by atoms with Gasteiger partial charge in [-0.05, 0) is 43.0 Å². The average Bonchev–Trinajstić information content (AvgIpc) is 3.24. The summed E-state index contributed by atoms with van der Waals surface area (Å²) in [6.45, 7) is 0.943. The number of carbonyl (C=O) groups is 2. The summed E-state index contributed by atoms with van der Waals surface area (Å²) >= 11 is 0. The highest BCUT2D eigenvalue weighted by atomic mass is 16.4. The van der Waals surface area contributed by atoms with Crippen LogP contribution in [-0.2, 0) is 16.0 Å². The van der Waals surface area contributed by atoms with Gasteiger partial charge in [0.05, 0.1) is 6.54 Å². The Morgan fingerprint density at radius 1 is 1.24 bits per heavy atom. The highest BCUT2D eigenvalue weighted by Gasteiger charge is 2.22. The molecule has 1 aromatic rings. The minimum Gasteiger partial charge on any atom is -0.508 e. The number of nitrogens with one attached hydrogen (secondary N) is 2. The molecule has 0 aromatic heterocycles. The van der Waals surface area contributed by atoms with Crippen molar-refractivity contribution >= 4 is 11.9 Å². The average molecular weight is 292 g/mol. The number of hydrogen-bond acceptors (Lipinski definition) is 4. The van der Waals surface area contributed by atoms with E-state index in [1.54, 1.807) is 12.1 Å². The minimum atomic E-state index is -1.07. The molecular formula is C15H20N2O4. The summed E-state index contributed by atoms with van der Waals surface area (Å²) in [5.74, 6) is -0.593. The number of carboxylic acids is 1. The normalized spacial score (nSPS) is 15.4. The summed E-state index contributed by atoms with van der Waals surface area (Å²) in [5.41, 5.74) is 0.742. The zero-order valence-corrected chi connectivity index (χ0v) is 11.7. The van der Waals surface area contributed by atoms with Gasteiger partial charge in [-0.3, -0.25) is 4.79 Å². The third kappa shape index (κ3) is 5.43. The molecule has 0 saturated heterocycles. The van der Waals surface area contributed by atoms with Crippen LogP contribution in [0.1, 0.15) is 18.4 Å². The molecule has 1 aliphatic carbocycles. The van der Waals surface area contributed by atoms with Gasteiger partial charge in [-0.2, -0.15) is 0 Å². The summed E-state index contributed by atoms with van der Waals surface area (Å²) in [6, 6.07) is 5.30. The first kappa shape index (κ1) is 15.3. The Hall–Kier alpha value is -2.08. The fourth-order valence-electron chi connectivity index (χ4n) is 2.02. The predicted molar refractivity (Wildman–Crippen MR) is 77.0 cm³/mol. The van der Waals surface area contributed by atoms with Gasteiger partial charge in [0.25, 0.3) is 0 Å². The molecule has 1 fully saturated rings. The van der Waals surface area contributed by atoms with Gasteiger partial charge in [0.15, 0.2) is 0 Å². The number of phenols is 1. The van der Waals surface area contributed by atoms with Crippen LogP contribution in [0.15, 0.2) is 24.3 Å². The predicted octanol–water partition coefficient (Wildman–Crippen LogP) is 0.504. The largest absolute Gasteiger partial charge is 0.508 e. The van der Waals surface area contributed by atoms with Gasteiger partial charge in [0.2, 0.25) is 5.91 Å². The van der Waals surface area contributed by atoms with Gasteiger partial charge < -0.3 is 20.8 Å². The number of hydrogen-bond donors (Lipinski definition) is 4. The van der Waals surface area contributed by atoms with E-state index in [0.717, 1.165) is 12.1 Å². The Kier molecular flexibility index (Phi) is 5.16. The van der Waals surface area contributed by atoms with Crippen LogP contribution in [0.3, 0.4) is 0 Å². The van der Waals surface area contributed by atoms with Crippen LogP contribution in [0.2, 0.25) is 0 Å². The van der Waals surface area contributed by atoms with Crippen LogP contribution in [0.4, 0.5) is 0 Å². The number of aliphatic carboxylic acids is 1. The second kappa shape index (κ2) is 7.08. The SMILES string of the molecule is O=C(CNCC1CC1)NC(Cc1ccc(O)cc1)C(=O)O. The molecular weight excluding hydrogens is 272 g/mol. The van der Waals surface area contributed by atoms with Crippen molar-refractivity contribution in [1.82, 2.24) is 10.6 Å². The topological polar surface area (TPSA) is 98.7 Å². The van der Waals surface area contributed by atoms with Crippen LogP contribution < -0.4 is 10.6 Å². The third-order valence-electron chi connectivity index (χ3n) is 3.42. The lowest BCUT2D eigenvalue weighted by atomic mass is 10.1. The minimum absolute atomic E-state index is 0.124. The molecule has 0 bridgehead atoms. The smallest absolute Gasteiger partial charge is 0.326 e. The van der Waals surface area contributed by atoms with E-state index in [0.29, 0.717) is 5.92 Å². The van der Waals surface area contributed by atoms with Crippen LogP contribution in [0, 0.1) is 5.92 Å². The van der Waals surface area contributed by atoms with E-state index in [4.69, 9.17) is 0 Å². The molecule has 0 spiro atoms. The lowest BCUT2D eigenvalue weighted by molar-refractivity contribution is -0.141. The molecule has 6 nitrogen and oxygen atoms in total. The summed E-state index contributed by atoms with van der Waals surface area (Å²) in [4.78, 5) is 22.9. The first-order valence-electron chi connectivity index (χ1n) is 7.05. The summed E-state index contributed by atoms with van der Waals surface area (Å²) in [5, 5.41) is 23.9. The van der Waals surface area contributed by atoms with Crippen molar-refractivity contribution in [3.63, 3.8) is 0 Å². The highest BCUT2D eigenvalue weighted by Crippen LogP contribution is 2.27. The Bertz CT molecular complexity index is 497. The first-order valence-corrected chi connectivity index (χ1v) is 7.05. The quantitative estimate of drug-likeness (QED) is 0.559. The second-order valence-corrected chi connectivity index (χ2v) is 5.40. The van der Waals surface area contributed by atoms with Crippen molar-refractivity contribution in [3.05, 3.63) is 29.8 Å². The van der Waals surface area contributed by atoms with Gasteiger partial charge >= 0.3 is 5.97 Å². The fourth-order valence-corrected chi connectivity index (χ4v) is 2.02. The number of phenolic OH excluding ortho intramolecular Hbond substituents is 1. The summed E-state index contributed by atoms with van der Waals surface area (Å²) < 4.78 is 0. The zero-order chi connectivity index (χ0) is 15.2. The maximum Gasteiger partial charge on any atom is 0.326 e. The van der Waals surface area contributed by atoms with E-state index in [2.05, 4.69) is 10.6 Å². The number of carbonyl (C=O) groups excluding carboxylic acids is 1. The molecule has 1 aromatic carbocycles. The van der Waals surface area contributed by atoms with Crippen molar-refractivity contribution in [2.45, 2.75) is 25.3 Å². The molecule has 114 valence electrons. The Balaban J connectivity index is 1.81. The van der Waals surface area contributed by atoms with Gasteiger partial charge in [-0.1, -0.05) is 12.1 Å². The van der Waals surface area contributed by atoms with E-state index in [-0.39, 0.29) is 24.6 Å². The van der Waals surface area contributed by atoms with Gasteiger partial charge in [0, 0.05) is 6.42 Å². The summed E-state index contributed by atoms with van der Waals surface area (Å²) in [6.07, 6.45) is 2.59. The number of carboxylic acid groups (broad SMARTS) is 1. The lowest BCUT2D eigenvalue weighted by Gasteiger charge is -2.15. The van der Waals surface area contributed by atoms with Gasteiger partial charge in [-0.25, -0.2) is 4.79 Å². The molecule has 1 unspecified atom stereocenters. The van der Waals surface area contributed by atoms with Crippen LogP contribution in [-0.4, -0.2) is 41.2 Å². The van der Waals surface area contributed by atoms with E-state index in [9.17, 15) is 19.8 Å². The third-order valence-corrected chi connectivity index (χ3v) is 3.42. The molecule has 4 N–H and O–H groups in total. The maximum atomic E-state index is 11.7. The number of benzene rings is 1. The Labute approximate surface area is 123 Å². The molecule has 0 heterocycles. The monoisotopic (exact) mass is 292 g/mol. The molecule has 6 heteroatoms.